The Morgan fingerprint density at radius 3 is 2.31 bits per heavy atom. The van der Waals surface area contributed by atoms with E-state index in [1.54, 1.807) is 0 Å². The molecule has 5 saturated carbocycles. The Labute approximate surface area is 206 Å². The molecule has 0 amide bonds. The summed E-state index contributed by atoms with van der Waals surface area (Å²) in [5.41, 5.74) is -1.29. The monoisotopic (exact) mass is 522 g/mol. The van der Waals surface area contributed by atoms with Crippen LogP contribution in [0.4, 0.5) is 8.78 Å². The lowest BCUT2D eigenvalue weighted by Gasteiger charge is -2.57. The van der Waals surface area contributed by atoms with Crippen molar-refractivity contribution in [2.45, 2.75) is 94.5 Å². The molecule has 0 aliphatic heterocycles. The molecule has 2 unspecified atom stereocenters. The predicted molar refractivity (Wildman–Crippen MR) is 116 cm³/mol. The van der Waals surface area contributed by atoms with E-state index in [9.17, 15) is 23.2 Å². The molecule has 5 aliphatic rings. The van der Waals surface area contributed by atoms with Crippen LogP contribution in [0, 0.1) is 23.2 Å². The molecule has 0 aromatic rings. The molecule has 0 aromatic carbocycles. The SMILES string of the molecule is CCC1(OC(=O)COC(=O)C23CC4CC(C2)C(OC(=O)C(F)(F)SOOO)C(C4)C3)CCCCC1. The molecule has 0 aromatic heterocycles. The number of carbonyl (C=O) groups excluding carboxylic acids is 3. The first-order valence-electron chi connectivity index (χ1n) is 12.3. The first-order chi connectivity index (χ1) is 16.6. The van der Waals surface area contributed by atoms with Crippen molar-refractivity contribution in [3.63, 3.8) is 0 Å². The topological polar surface area (TPSA) is 118 Å². The van der Waals surface area contributed by atoms with Crippen LogP contribution in [0.2, 0.25) is 0 Å². The van der Waals surface area contributed by atoms with Crippen LogP contribution in [0.1, 0.15) is 77.6 Å². The van der Waals surface area contributed by atoms with Gasteiger partial charge in [0.1, 0.15) is 23.7 Å². The van der Waals surface area contributed by atoms with Crippen molar-refractivity contribution in [2.24, 2.45) is 23.2 Å². The molecule has 4 bridgehead atoms. The summed E-state index contributed by atoms with van der Waals surface area (Å²) in [6.07, 6.45) is 7.38. The molecule has 12 heteroatoms. The van der Waals surface area contributed by atoms with Crippen molar-refractivity contribution in [3.8, 4) is 0 Å². The van der Waals surface area contributed by atoms with Gasteiger partial charge in [0.25, 0.3) is 0 Å². The third kappa shape index (κ3) is 5.60. The first kappa shape index (κ1) is 26.6. The van der Waals surface area contributed by atoms with Crippen LogP contribution in [0.3, 0.4) is 0 Å². The van der Waals surface area contributed by atoms with E-state index in [0.29, 0.717) is 32.1 Å². The van der Waals surface area contributed by atoms with Gasteiger partial charge in [0.05, 0.1) is 5.41 Å². The van der Waals surface area contributed by atoms with Gasteiger partial charge >= 0.3 is 23.2 Å². The second-order valence-electron chi connectivity index (χ2n) is 10.5. The van der Waals surface area contributed by atoms with Crippen molar-refractivity contribution in [1.29, 1.82) is 0 Å². The predicted octanol–water partition coefficient (Wildman–Crippen LogP) is 4.59. The average Bonchev–Trinajstić information content (AvgIpc) is 2.83. The van der Waals surface area contributed by atoms with Gasteiger partial charge in [0.15, 0.2) is 6.61 Å². The number of halogens is 2. The number of carbonyl (C=O) groups is 3. The second-order valence-corrected chi connectivity index (χ2v) is 11.3. The lowest BCUT2D eigenvalue weighted by Crippen LogP contribution is -2.58. The van der Waals surface area contributed by atoms with Gasteiger partial charge in [-0.1, -0.05) is 18.4 Å². The van der Waals surface area contributed by atoms with Crippen molar-refractivity contribution in [1.82, 2.24) is 0 Å². The maximum atomic E-state index is 13.9. The fourth-order valence-corrected chi connectivity index (χ4v) is 7.21. The van der Waals surface area contributed by atoms with E-state index in [4.69, 9.17) is 19.5 Å². The molecule has 5 rings (SSSR count). The molecule has 5 aliphatic carbocycles. The summed E-state index contributed by atoms with van der Waals surface area (Å²) >= 11 is -0.658. The lowest BCUT2D eigenvalue weighted by molar-refractivity contribution is -0.433. The van der Waals surface area contributed by atoms with Gasteiger partial charge in [-0.3, -0.25) is 4.79 Å². The van der Waals surface area contributed by atoms with Crippen molar-refractivity contribution < 1.29 is 52.0 Å². The van der Waals surface area contributed by atoms with Gasteiger partial charge in [-0.2, -0.15) is 8.78 Å². The number of hydrogen-bond acceptors (Lipinski definition) is 10. The third-order valence-electron chi connectivity index (χ3n) is 8.33. The van der Waals surface area contributed by atoms with Crippen LogP contribution >= 0.6 is 12.0 Å². The Morgan fingerprint density at radius 2 is 1.71 bits per heavy atom. The molecule has 0 radical (unpaired) electrons. The summed E-state index contributed by atoms with van der Waals surface area (Å²) < 4.78 is 47.8. The first-order valence-corrected chi connectivity index (χ1v) is 13.0. The summed E-state index contributed by atoms with van der Waals surface area (Å²) in [5, 5.41) is 7.13. The maximum absolute atomic E-state index is 13.9. The molecule has 0 saturated heterocycles. The maximum Gasteiger partial charge on any atom is 0.415 e. The van der Waals surface area contributed by atoms with Gasteiger partial charge < -0.3 is 14.2 Å². The quantitative estimate of drug-likeness (QED) is 0.144. The van der Waals surface area contributed by atoms with Crippen molar-refractivity contribution >= 4 is 30.0 Å². The molecule has 2 atom stereocenters. The Balaban J connectivity index is 1.33. The van der Waals surface area contributed by atoms with Gasteiger partial charge in [0.2, 0.25) is 0 Å². The largest absolute Gasteiger partial charge is 0.457 e. The minimum absolute atomic E-state index is 0.202. The minimum atomic E-state index is -4.07. The zero-order valence-corrected chi connectivity index (χ0v) is 20.5. The summed E-state index contributed by atoms with van der Waals surface area (Å²) in [6, 6.07) is 0. The van der Waals surface area contributed by atoms with E-state index >= 15 is 0 Å². The summed E-state index contributed by atoms with van der Waals surface area (Å²) in [4.78, 5) is 37.6. The molecular formula is C23H32F2O9S. The van der Waals surface area contributed by atoms with E-state index < -0.39 is 58.9 Å². The molecule has 0 spiro atoms. The standard InChI is InChI=1S/C23H32F2O9S/c1-2-22(6-4-3-5-7-22)32-17(26)13-30-19(27)21-10-14-8-15(11-21)18(16(9-14)12-21)31-20(28)23(24,25)35-34-33-29/h14-16,18,29H,2-13H2,1H3. The number of ether oxygens (including phenoxy) is 3. The van der Waals surface area contributed by atoms with E-state index in [-0.39, 0.29) is 17.8 Å². The van der Waals surface area contributed by atoms with Crippen LogP contribution in [0.25, 0.3) is 0 Å². The highest BCUT2D eigenvalue weighted by Crippen LogP contribution is 2.61. The number of alkyl halides is 2. The zero-order chi connectivity index (χ0) is 25.3. The Hall–Kier alpha value is -1.50. The number of rotatable bonds is 10. The Kier molecular flexibility index (Phi) is 7.94. The highest BCUT2D eigenvalue weighted by atomic mass is 32.2. The third-order valence-corrected chi connectivity index (χ3v) is 8.84. The summed E-state index contributed by atoms with van der Waals surface area (Å²) in [6.45, 7) is 1.54. The second kappa shape index (κ2) is 10.5. The van der Waals surface area contributed by atoms with Gasteiger partial charge in [-0.15, -0.1) is 4.33 Å². The van der Waals surface area contributed by atoms with Crippen LogP contribution < -0.4 is 0 Å². The summed E-state index contributed by atoms with van der Waals surface area (Å²) in [7, 11) is 0. The van der Waals surface area contributed by atoms with E-state index in [2.05, 4.69) is 9.37 Å². The van der Waals surface area contributed by atoms with Crippen molar-refractivity contribution in [2.75, 3.05) is 6.61 Å². The van der Waals surface area contributed by atoms with Crippen molar-refractivity contribution in [3.05, 3.63) is 0 Å². The number of hydrogen-bond donors (Lipinski definition) is 1. The fraction of sp³-hybridized carbons (Fsp3) is 0.870. The zero-order valence-electron chi connectivity index (χ0n) is 19.7. The Morgan fingerprint density at radius 1 is 1.06 bits per heavy atom. The highest BCUT2D eigenvalue weighted by Gasteiger charge is 2.61. The molecule has 5 fully saturated rings. The smallest absolute Gasteiger partial charge is 0.415 e. The molecule has 0 heterocycles. The van der Waals surface area contributed by atoms with E-state index in [1.807, 2.05) is 6.92 Å². The Bertz CT molecular complexity index is 801. The fourth-order valence-electron chi connectivity index (χ4n) is 6.98. The normalized spacial score (nSPS) is 33.3. The molecule has 1 N–H and O–H groups in total. The van der Waals surface area contributed by atoms with Crippen LogP contribution in [0.5, 0.6) is 0 Å². The van der Waals surface area contributed by atoms with E-state index in [0.717, 1.165) is 38.5 Å². The molecule has 35 heavy (non-hydrogen) atoms. The highest BCUT2D eigenvalue weighted by molar-refractivity contribution is 7.96. The van der Waals surface area contributed by atoms with Gasteiger partial charge in [-0.05, 0) is 82.0 Å². The lowest BCUT2D eigenvalue weighted by atomic mass is 9.48. The average molecular weight is 523 g/mol. The van der Waals surface area contributed by atoms with Gasteiger partial charge in [-0.25, -0.2) is 14.8 Å². The van der Waals surface area contributed by atoms with Crippen LogP contribution in [-0.4, -0.2) is 46.7 Å². The number of esters is 3. The summed E-state index contributed by atoms with van der Waals surface area (Å²) in [5.74, 6) is -3.12. The molecule has 9 nitrogen and oxygen atoms in total. The van der Waals surface area contributed by atoms with Crippen LogP contribution in [-0.2, 0) is 38.0 Å². The van der Waals surface area contributed by atoms with Crippen LogP contribution in [0.15, 0.2) is 0 Å². The minimum Gasteiger partial charge on any atom is -0.457 e. The molecule has 198 valence electrons. The molecular weight excluding hydrogens is 490 g/mol. The van der Waals surface area contributed by atoms with E-state index in [1.165, 1.54) is 0 Å². The van der Waals surface area contributed by atoms with Gasteiger partial charge in [0, 0.05) is 0 Å².